The largest absolute Gasteiger partial charge is 0.364 e. The molecule has 1 heterocycles. The van der Waals surface area contributed by atoms with E-state index in [1.165, 1.54) is 12.1 Å². The predicted molar refractivity (Wildman–Crippen MR) is 76.6 cm³/mol. The number of nitrogens with zero attached hydrogens (tertiary/aromatic N) is 2. The Balaban J connectivity index is 2.45. The van der Waals surface area contributed by atoms with E-state index in [4.69, 9.17) is 11.6 Å². The van der Waals surface area contributed by atoms with Crippen LogP contribution in [0.5, 0.6) is 0 Å². The van der Waals surface area contributed by atoms with Crippen molar-refractivity contribution < 1.29 is 4.92 Å². The van der Waals surface area contributed by atoms with Crippen molar-refractivity contribution >= 4 is 34.9 Å². The first-order valence-electron chi connectivity index (χ1n) is 5.69. The second kappa shape index (κ2) is 8.16. The molecular weight excluding hydrogens is 274 g/mol. The Labute approximate surface area is 115 Å². The van der Waals surface area contributed by atoms with Crippen LogP contribution in [0.25, 0.3) is 0 Å². The summed E-state index contributed by atoms with van der Waals surface area (Å²) in [6, 6.07) is 2.79. The molecule has 100 valence electrons. The maximum absolute atomic E-state index is 10.8. The lowest BCUT2D eigenvalue weighted by atomic mass is 10.2. The molecule has 0 aliphatic heterocycles. The number of rotatable bonds is 8. The molecule has 1 aromatic heterocycles. The normalized spacial score (nSPS) is 10.3. The molecule has 1 rings (SSSR count). The van der Waals surface area contributed by atoms with E-state index in [0.29, 0.717) is 6.54 Å². The van der Waals surface area contributed by atoms with Crippen LogP contribution in [-0.2, 0) is 0 Å². The standard InChI is InChI=1S/C11H16ClN3O2S/c1-18-8-4-2-3-7-13-11-9(15(16)17)5-6-10(12)14-11/h5-6H,2-4,7-8H2,1H3,(H,13,14). The molecule has 0 fully saturated rings. The topological polar surface area (TPSA) is 68.1 Å². The number of pyridine rings is 1. The summed E-state index contributed by atoms with van der Waals surface area (Å²) in [7, 11) is 0. The van der Waals surface area contributed by atoms with Crippen LogP contribution < -0.4 is 5.32 Å². The highest BCUT2D eigenvalue weighted by molar-refractivity contribution is 7.98. The van der Waals surface area contributed by atoms with E-state index in [0.717, 1.165) is 25.0 Å². The molecule has 5 nitrogen and oxygen atoms in total. The molecule has 18 heavy (non-hydrogen) atoms. The number of hydrogen-bond acceptors (Lipinski definition) is 5. The molecule has 0 saturated heterocycles. The Bertz CT molecular complexity index is 404. The lowest BCUT2D eigenvalue weighted by molar-refractivity contribution is -0.384. The van der Waals surface area contributed by atoms with E-state index >= 15 is 0 Å². The van der Waals surface area contributed by atoms with E-state index in [1.54, 1.807) is 0 Å². The highest BCUT2D eigenvalue weighted by Crippen LogP contribution is 2.23. The number of nitrogens with one attached hydrogen (secondary N) is 1. The van der Waals surface area contributed by atoms with Gasteiger partial charge < -0.3 is 5.32 Å². The first-order chi connectivity index (χ1) is 8.65. The summed E-state index contributed by atoms with van der Waals surface area (Å²) in [5.41, 5.74) is -0.0384. The summed E-state index contributed by atoms with van der Waals surface area (Å²) in [4.78, 5) is 14.3. The van der Waals surface area contributed by atoms with Crippen LogP contribution in [0, 0.1) is 10.1 Å². The maximum atomic E-state index is 10.8. The fourth-order valence-electron chi connectivity index (χ4n) is 1.46. The highest BCUT2D eigenvalue weighted by Gasteiger charge is 2.14. The molecule has 0 amide bonds. The summed E-state index contributed by atoms with van der Waals surface area (Å²) in [6.07, 6.45) is 5.31. The van der Waals surface area contributed by atoms with Crippen LogP contribution in [0.1, 0.15) is 19.3 Å². The van der Waals surface area contributed by atoms with Gasteiger partial charge in [0, 0.05) is 12.6 Å². The summed E-state index contributed by atoms with van der Waals surface area (Å²) in [5, 5.41) is 14.0. The van der Waals surface area contributed by atoms with Gasteiger partial charge in [0.15, 0.2) is 0 Å². The van der Waals surface area contributed by atoms with E-state index in [1.807, 2.05) is 11.8 Å². The van der Waals surface area contributed by atoms with Gasteiger partial charge in [-0.2, -0.15) is 11.8 Å². The van der Waals surface area contributed by atoms with Gasteiger partial charge in [-0.1, -0.05) is 18.0 Å². The van der Waals surface area contributed by atoms with Crippen molar-refractivity contribution in [2.24, 2.45) is 0 Å². The van der Waals surface area contributed by atoms with Gasteiger partial charge in [0.1, 0.15) is 5.15 Å². The fourth-order valence-corrected chi connectivity index (χ4v) is 2.10. The van der Waals surface area contributed by atoms with E-state index in [9.17, 15) is 10.1 Å². The van der Waals surface area contributed by atoms with Crippen LogP contribution in [0.4, 0.5) is 11.5 Å². The predicted octanol–water partition coefficient (Wildman–Crippen LogP) is 3.59. The number of aromatic nitrogens is 1. The van der Waals surface area contributed by atoms with E-state index in [2.05, 4.69) is 16.6 Å². The van der Waals surface area contributed by atoms with E-state index < -0.39 is 4.92 Å². The SMILES string of the molecule is CSCCCCCNc1nc(Cl)ccc1[N+](=O)[O-]. The van der Waals surface area contributed by atoms with Gasteiger partial charge in [-0.25, -0.2) is 4.98 Å². The molecule has 1 aromatic rings. The fraction of sp³-hybridized carbons (Fsp3) is 0.545. The Morgan fingerprint density at radius 2 is 2.22 bits per heavy atom. The Kier molecular flexibility index (Phi) is 6.82. The number of nitro groups is 1. The Hall–Kier alpha value is -1.01. The van der Waals surface area contributed by atoms with Crippen molar-refractivity contribution in [1.82, 2.24) is 4.98 Å². The zero-order chi connectivity index (χ0) is 13.4. The van der Waals surface area contributed by atoms with Gasteiger partial charge in [0.25, 0.3) is 0 Å². The first-order valence-corrected chi connectivity index (χ1v) is 7.46. The smallest absolute Gasteiger partial charge is 0.311 e. The zero-order valence-corrected chi connectivity index (χ0v) is 11.8. The van der Waals surface area contributed by atoms with Crippen LogP contribution in [-0.4, -0.2) is 28.5 Å². The van der Waals surface area contributed by atoms with Crippen molar-refractivity contribution in [3.8, 4) is 0 Å². The lowest BCUT2D eigenvalue weighted by Gasteiger charge is -2.06. The molecule has 0 bridgehead atoms. The van der Waals surface area contributed by atoms with Gasteiger partial charge >= 0.3 is 5.69 Å². The second-order valence-electron chi connectivity index (χ2n) is 3.74. The van der Waals surface area contributed by atoms with Crippen LogP contribution in [0.3, 0.4) is 0 Å². The number of hydrogen-bond donors (Lipinski definition) is 1. The van der Waals surface area contributed by atoms with Crippen molar-refractivity contribution in [2.45, 2.75) is 19.3 Å². The summed E-state index contributed by atoms with van der Waals surface area (Å²) in [6.45, 7) is 0.669. The number of halogens is 1. The zero-order valence-electron chi connectivity index (χ0n) is 10.2. The minimum Gasteiger partial charge on any atom is -0.364 e. The molecule has 0 saturated carbocycles. The third kappa shape index (κ3) is 5.10. The van der Waals surface area contributed by atoms with Crippen molar-refractivity contribution in [2.75, 3.05) is 23.9 Å². The number of thioether (sulfide) groups is 1. The molecule has 7 heteroatoms. The van der Waals surface area contributed by atoms with Crippen LogP contribution >= 0.6 is 23.4 Å². The summed E-state index contributed by atoms with van der Waals surface area (Å²) >= 11 is 7.55. The van der Waals surface area contributed by atoms with Crippen LogP contribution in [0.2, 0.25) is 5.15 Å². The molecule has 0 spiro atoms. The highest BCUT2D eigenvalue weighted by atomic mass is 35.5. The maximum Gasteiger partial charge on any atom is 0.311 e. The van der Waals surface area contributed by atoms with Crippen LogP contribution in [0.15, 0.2) is 12.1 Å². The van der Waals surface area contributed by atoms with Gasteiger partial charge in [-0.15, -0.1) is 0 Å². The van der Waals surface area contributed by atoms with Gasteiger partial charge in [0.05, 0.1) is 4.92 Å². The molecule has 1 N–H and O–H groups in total. The van der Waals surface area contributed by atoms with Crippen molar-refractivity contribution in [3.05, 3.63) is 27.4 Å². The molecule has 0 radical (unpaired) electrons. The Morgan fingerprint density at radius 3 is 2.89 bits per heavy atom. The Morgan fingerprint density at radius 1 is 1.44 bits per heavy atom. The minimum atomic E-state index is -0.459. The number of anilines is 1. The van der Waals surface area contributed by atoms with Gasteiger partial charge in [0.2, 0.25) is 5.82 Å². The van der Waals surface area contributed by atoms with Crippen molar-refractivity contribution in [3.63, 3.8) is 0 Å². The minimum absolute atomic E-state index is 0.0384. The second-order valence-corrected chi connectivity index (χ2v) is 5.11. The monoisotopic (exact) mass is 289 g/mol. The third-order valence-electron chi connectivity index (χ3n) is 2.35. The molecule has 0 aromatic carbocycles. The molecule has 0 unspecified atom stereocenters. The number of unbranched alkanes of at least 4 members (excludes halogenated alkanes) is 2. The average molecular weight is 290 g/mol. The first kappa shape index (κ1) is 15.0. The van der Waals surface area contributed by atoms with E-state index in [-0.39, 0.29) is 16.7 Å². The quantitative estimate of drug-likeness (QED) is 0.343. The molecule has 0 aliphatic rings. The summed E-state index contributed by atoms with van der Waals surface area (Å²) < 4.78 is 0. The lowest BCUT2D eigenvalue weighted by Crippen LogP contribution is -2.06. The molecule has 0 atom stereocenters. The molecule has 0 aliphatic carbocycles. The van der Waals surface area contributed by atoms with Gasteiger partial charge in [-0.3, -0.25) is 10.1 Å². The van der Waals surface area contributed by atoms with Gasteiger partial charge in [-0.05, 0) is 30.9 Å². The van der Waals surface area contributed by atoms with Crippen molar-refractivity contribution in [1.29, 1.82) is 0 Å². The average Bonchev–Trinajstić information content (AvgIpc) is 2.33. The third-order valence-corrected chi connectivity index (χ3v) is 3.26. The summed E-state index contributed by atoms with van der Waals surface area (Å²) in [5.74, 6) is 1.40. The molecular formula is C11H16ClN3O2S.